The lowest BCUT2D eigenvalue weighted by Gasteiger charge is -2.30. The first kappa shape index (κ1) is 15.0. The Kier molecular flexibility index (Phi) is 3.25. The van der Waals surface area contributed by atoms with Crippen LogP contribution in [0.3, 0.4) is 0 Å². The molecule has 4 heteroatoms. The Morgan fingerprint density at radius 2 is 1.62 bits per heavy atom. The van der Waals surface area contributed by atoms with Crippen LogP contribution in [-0.2, 0) is 0 Å². The van der Waals surface area contributed by atoms with E-state index in [4.69, 9.17) is 4.98 Å². The summed E-state index contributed by atoms with van der Waals surface area (Å²) in [6.07, 6.45) is 0.0171. The highest BCUT2D eigenvalue weighted by Gasteiger charge is 2.27. The number of nitrogens with zero attached hydrogens (tertiary/aromatic N) is 3. The molecule has 1 N–H and O–H groups in total. The highest BCUT2D eigenvalue weighted by atomic mass is 15.2. The predicted octanol–water partition coefficient (Wildman–Crippen LogP) is 4.74. The van der Waals surface area contributed by atoms with Gasteiger partial charge in [0.25, 0.3) is 0 Å². The van der Waals surface area contributed by atoms with Gasteiger partial charge in [0.1, 0.15) is 12.0 Å². The van der Waals surface area contributed by atoms with Crippen molar-refractivity contribution in [3.05, 3.63) is 78.4 Å². The predicted molar refractivity (Wildman–Crippen MR) is 108 cm³/mol. The first-order valence-corrected chi connectivity index (χ1v) is 8.82. The summed E-state index contributed by atoms with van der Waals surface area (Å²) in [5, 5.41) is 3.71. The van der Waals surface area contributed by atoms with Crippen molar-refractivity contribution >= 4 is 22.4 Å². The van der Waals surface area contributed by atoms with Crippen molar-refractivity contribution in [1.82, 2.24) is 9.55 Å². The summed E-state index contributed by atoms with van der Waals surface area (Å²) in [5.41, 5.74) is 6.85. The number of aromatic nitrogens is 2. The molecule has 2 heterocycles. The zero-order valence-corrected chi connectivity index (χ0v) is 14.8. The molecule has 0 fully saturated rings. The van der Waals surface area contributed by atoms with E-state index in [-0.39, 0.29) is 6.17 Å². The molecule has 0 saturated carbocycles. The van der Waals surface area contributed by atoms with Crippen LogP contribution in [0.1, 0.15) is 11.7 Å². The van der Waals surface area contributed by atoms with E-state index in [1.165, 1.54) is 11.3 Å². The molecule has 0 saturated heterocycles. The van der Waals surface area contributed by atoms with E-state index in [2.05, 4.69) is 95.6 Å². The summed E-state index contributed by atoms with van der Waals surface area (Å²) in [4.78, 5) is 7.05. The van der Waals surface area contributed by atoms with Gasteiger partial charge >= 0.3 is 0 Å². The van der Waals surface area contributed by atoms with Crippen molar-refractivity contribution in [1.29, 1.82) is 0 Å². The fourth-order valence-electron chi connectivity index (χ4n) is 3.70. The highest BCUT2D eigenvalue weighted by Crippen LogP contribution is 2.40. The van der Waals surface area contributed by atoms with Crippen LogP contribution in [-0.4, -0.2) is 23.6 Å². The topological polar surface area (TPSA) is 33.1 Å². The van der Waals surface area contributed by atoms with Crippen LogP contribution in [0.2, 0.25) is 0 Å². The Morgan fingerprint density at radius 3 is 2.42 bits per heavy atom. The number of hydrogen-bond acceptors (Lipinski definition) is 3. The number of imidazole rings is 1. The maximum Gasteiger partial charge on any atom is 0.145 e. The smallest absolute Gasteiger partial charge is 0.145 e. The highest BCUT2D eigenvalue weighted by molar-refractivity contribution is 5.86. The Balaban J connectivity index is 1.73. The zero-order valence-electron chi connectivity index (χ0n) is 14.8. The Labute approximate surface area is 152 Å². The largest absolute Gasteiger partial charge is 0.378 e. The van der Waals surface area contributed by atoms with E-state index in [0.717, 1.165) is 28.1 Å². The van der Waals surface area contributed by atoms with Crippen LogP contribution in [0.15, 0.2) is 72.8 Å². The maximum atomic E-state index is 4.93. The third-order valence-electron chi connectivity index (χ3n) is 5.04. The quantitative estimate of drug-likeness (QED) is 0.572. The van der Waals surface area contributed by atoms with E-state index in [0.29, 0.717) is 0 Å². The fourth-order valence-corrected chi connectivity index (χ4v) is 3.70. The van der Waals surface area contributed by atoms with Crippen molar-refractivity contribution in [2.24, 2.45) is 0 Å². The molecule has 1 atom stereocenters. The molecule has 0 amide bonds. The van der Waals surface area contributed by atoms with Gasteiger partial charge in [-0.1, -0.05) is 36.4 Å². The van der Waals surface area contributed by atoms with E-state index < -0.39 is 0 Å². The summed E-state index contributed by atoms with van der Waals surface area (Å²) in [7, 11) is 4.12. The molecule has 1 aromatic heterocycles. The molecule has 0 spiro atoms. The Morgan fingerprint density at radius 1 is 0.885 bits per heavy atom. The molecule has 4 aromatic rings. The zero-order chi connectivity index (χ0) is 17.7. The van der Waals surface area contributed by atoms with Crippen LogP contribution < -0.4 is 10.2 Å². The van der Waals surface area contributed by atoms with Gasteiger partial charge in [0, 0.05) is 31.0 Å². The van der Waals surface area contributed by atoms with Crippen molar-refractivity contribution in [3.8, 4) is 11.4 Å². The first-order valence-electron chi connectivity index (χ1n) is 8.82. The van der Waals surface area contributed by atoms with Gasteiger partial charge in [0.15, 0.2) is 0 Å². The Hall–Kier alpha value is -3.27. The van der Waals surface area contributed by atoms with Crippen LogP contribution >= 0.6 is 0 Å². The van der Waals surface area contributed by atoms with Gasteiger partial charge < -0.3 is 10.2 Å². The van der Waals surface area contributed by atoms with Gasteiger partial charge in [0.2, 0.25) is 0 Å². The number of para-hydroxylation sites is 3. The second kappa shape index (κ2) is 5.63. The third kappa shape index (κ3) is 2.19. The lowest BCUT2D eigenvalue weighted by Crippen LogP contribution is -2.24. The molecule has 0 bridgehead atoms. The van der Waals surface area contributed by atoms with Gasteiger partial charge in [0.05, 0.1) is 11.0 Å². The summed E-state index contributed by atoms with van der Waals surface area (Å²) in [5.74, 6) is 1.02. The molecule has 26 heavy (non-hydrogen) atoms. The first-order chi connectivity index (χ1) is 12.7. The molecular formula is C22H20N4. The maximum absolute atomic E-state index is 4.93. The Bertz CT molecular complexity index is 1090. The average Bonchev–Trinajstić information content (AvgIpc) is 3.07. The minimum atomic E-state index is 0.0171. The van der Waals surface area contributed by atoms with Crippen molar-refractivity contribution < 1.29 is 0 Å². The van der Waals surface area contributed by atoms with E-state index >= 15 is 0 Å². The van der Waals surface area contributed by atoms with Crippen LogP contribution in [0.25, 0.3) is 22.4 Å². The number of anilines is 2. The number of hydrogen-bond donors (Lipinski definition) is 1. The summed E-state index contributed by atoms with van der Waals surface area (Å²) < 4.78 is 2.31. The summed E-state index contributed by atoms with van der Waals surface area (Å²) >= 11 is 0. The number of nitrogens with one attached hydrogen (secondary N) is 1. The lowest BCUT2D eigenvalue weighted by molar-refractivity contribution is 0.669. The number of fused-ring (bicyclic) bond motifs is 5. The molecule has 0 unspecified atom stereocenters. The van der Waals surface area contributed by atoms with E-state index in [1.54, 1.807) is 0 Å². The minimum Gasteiger partial charge on any atom is -0.378 e. The molecule has 1 aliphatic heterocycles. The van der Waals surface area contributed by atoms with Crippen LogP contribution in [0, 0.1) is 0 Å². The molecule has 4 nitrogen and oxygen atoms in total. The molecule has 128 valence electrons. The average molecular weight is 340 g/mol. The normalized spacial score (nSPS) is 15.2. The minimum absolute atomic E-state index is 0.0171. The van der Waals surface area contributed by atoms with E-state index in [9.17, 15) is 0 Å². The second-order valence-electron chi connectivity index (χ2n) is 6.87. The van der Waals surface area contributed by atoms with Gasteiger partial charge in [-0.15, -0.1) is 0 Å². The number of rotatable bonds is 2. The van der Waals surface area contributed by atoms with Crippen LogP contribution in [0.4, 0.5) is 11.4 Å². The monoisotopic (exact) mass is 340 g/mol. The summed E-state index contributed by atoms with van der Waals surface area (Å²) in [6, 6.07) is 25.4. The van der Waals surface area contributed by atoms with Crippen LogP contribution in [0.5, 0.6) is 0 Å². The number of benzene rings is 3. The van der Waals surface area contributed by atoms with E-state index in [1.807, 2.05) is 6.07 Å². The standard InChI is InChI=1S/C22H20N4/c1-25(2)16-13-11-15(12-14-16)21-23-18-8-4-3-7-17(18)22-24-19-9-5-6-10-20(19)26(21)22/h3-14,21,23H,1-2H3/t21-/m0/s1. The molecule has 1 aliphatic rings. The third-order valence-corrected chi connectivity index (χ3v) is 5.04. The van der Waals surface area contributed by atoms with Crippen molar-refractivity contribution in [2.45, 2.75) is 6.17 Å². The SMILES string of the molecule is CN(C)c1ccc([C@H]2Nc3ccccc3-c3nc4ccccc4n32)cc1. The molecule has 0 aliphatic carbocycles. The van der Waals surface area contributed by atoms with Crippen molar-refractivity contribution in [2.75, 3.05) is 24.3 Å². The van der Waals surface area contributed by atoms with Gasteiger partial charge in [-0.25, -0.2) is 4.98 Å². The molecule has 3 aromatic carbocycles. The fraction of sp³-hybridized carbons (Fsp3) is 0.136. The van der Waals surface area contributed by atoms with Crippen molar-refractivity contribution in [3.63, 3.8) is 0 Å². The van der Waals surface area contributed by atoms with Gasteiger partial charge in [-0.05, 0) is 42.0 Å². The van der Waals surface area contributed by atoms with Gasteiger partial charge in [-0.3, -0.25) is 4.57 Å². The van der Waals surface area contributed by atoms with Gasteiger partial charge in [-0.2, -0.15) is 0 Å². The molecule has 5 rings (SSSR count). The molecule has 0 radical (unpaired) electrons. The second-order valence-corrected chi connectivity index (χ2v) is 6.87. The molecular weight excluding hydrogens is 320 g/mol. The summed E-state index contributed by atoms with van der Waals surface area (Å²) in [6.45, 7) is 0. The lowest BCUT2D eigenvalue weighted by atomic mass is 10.1.